The van der Waals surface area contributed by atoms with Crippen molar-refractivity contribution in [1.82, 2.24) is 19.6 Å². The highest BCUT2D eigenvalue weighted by molar-refractivity contribution is 7.09. The van der Waals surface area contributed by atoms with Crippen LogP contribution in [-0.2, 0) is 6.42 Å². The second-order valence-corrected chi connectivity index (χ2v) is 4.91. The number of nitrogens with zero attached hydrogens (tertiary/aromatic N) is 3. The van der Waals surface area contributed by atoms with E-state index in [2.05, 4.69) is 26.5 Å². The Morgan fingerprint density at radius 1 is 1.39 bits per heavy atom. The zero-order valence-electron chi connectivity index (χ0n) is 9.97. The Balaban J connectivity index is 2.10. The van der Waals surface area contributed by atoms with Gasteiger partial charge in [0.15, 0.2) is 5.82 Å². The Bertz CT molecular complexity index is 685. The van der Waals surface area contributed by atoms with E-state index in [4.69, 9.17) is 5.73 Å². The summed E-state index contributed by atoms with van der Waals surface area (Å²) in [6, 6.07) is 5.66. The van der Waals surface area contributed by atoms with Crippen LogP contribution in [-0.4, -0.2) is 19.6 Å². The van der Waals surface area contributed by atoms with Crippen molar-refractivity contribution in [1.29, 1.82) is 0 Å². The lowest BCUT2D eigenvalue weighted by Crippen LogP contribution is -1.88. The topological polar surface area (TPSA) is 80.5 Å². The molecule has 2 aromatic heterocycles. The number of rotatable bonds is 3. The molecule has 2 heterocycles. The molecule has 3 aromatic rings. The number of fused-ring (bicyclic) bond motifs is 1. The largest absolute Gasteiger partial charge is 0.399 e. The molecule has 92 valence electrons. The minimum atomic E-state index is 0.730. The van der Waals surface area contributed by atoms with Crippen LogP contribution in [0.5, 0.6) is 0 Å². The van der Waals surface area contributed by atoms with E-state index in [0.717, 1.165) is 46.0 Å². The van der Waals surface area contributed by atoms with Crippen molar-refractivity contribution in [3.05, 3.63) is 23.9 Å². The van der Waals surface area contributed by atoms with Gasteiger partial charge in [0.1, 0.15) is 4.88 Å². The summed E-state index contributed by atoms with van der Waals surface area (Å²) in [6.45, 7) is 2.13. The van der Waals surface area contributed by atoms with Crippen LogP contribution < -0.4 is 5.73 Å². The number of benzene rings is 1. The molecule has 0 unspecified atom stereocenters. The smallest absolute Gasteiger partial charge is 0.152 e. The number of aromatic amines is 1. The number of hydrogen-bond donors (Lipinski definition) is 2. The molecular formula is C12H13N5S. The highest BCUT2D eigenvalue weighted by atomic mass is 32.1. The van der Waals surface area contributed by atoms with Gasteiger partial charge in [-0.25, -0.2) is 4.98 Å². The molecule has 3 rings (SSSR count). The number of H-pyrrole nitrogens is 1. The lowest BCUT2D eigenvalue weighted by Gasteiger charge is -1.94. The summed E-state index contributed by atoms with van der Waals surface area (Å²) >= 11 is 1.38. The molecule has 18 heavy (non-hydrogen) atoms. The summed E-state index contributed by atoms with van der Waals surface area (Å²) in [5.74, 6) is 0.828. The molecule has 0 fully saturated rings. The van der Waals surface area contributed by atoms with E-state index in [-0.39, 0.29) is 0 Å². The molecule has 5 nitrogen and oxygen atoms in total. The number of nitrogen functional groups attached to an aromatic ring is 1. The van der Waals surface area contributed by atoms with Crippen LogP contribution in [0, 0.1) is 0 Å². The van der Waals surface area contributed by atoms with Crippen LogP contribution in [0.25, 0.3) is 21.7 Å². The number of nitrogens with two attached hydrogens (primary N) is 1. The second-order valence-electron chi connectivity index (χ2n) is 4.16. The van der Waals surface area contributed by atoms with E-state index in [1.54, 1.807) is 0 Å². The molecule has 0 aliphatic rings. The fourth-order valence-electron chi connectivity index (χ4n) is 1.92. The molecule has 1 aromatic carbocycles. The Labute approximate surface area is 108 Å². The first-order valence-electron chi connectivity index (χ1n) is 5.84. The molecule has 0 aliphatic carbocycles. The van der Waals surface area contributed by atoms with Crippen LogP contribution in [0.1, 0.15) is 19.0 Å². The minimum Gasteiger partial charge on any atom is -0.399 e. The summed E-state index contributed by atoms with van der Waals surface area (Å²) in [4.78, 5) is 8.86. The number of aromatic nitrogens is 4. The lowest BCUT2D eigenvalue weighted by atomic mass is 10.2. The van der Waals surface area contributed by atoms with Crippen LogP contribution in [0.3, 0.4) is 0 Å². The first-order chi connectivity index (χ1) is 8.78. The Kier molecular flexibility index (Phi) is 2.71. The number of nitrogens with one attached hydrogen (secondary N) is 1. The average Bonchev–Trinajstić information content (AvgIpc) is 2.94. The Morgan fingerprint density at radius 2 is 2.28 bits per heavy atom. The Hall–Kier alpha value is -1.95. The van der Waals surface area contributed by atoms with Gasteiger partial charge in [-0.3, -0.25) is 0 Å². The van der Waals surface area contributed by atoms with Crippen molar-refractivity contribution < 1.29 is 0 Å². The van der Waals surface area contributed by atoms with Gasteiger partial charge in [0.2, 0.25) is 0 Å². The lowest BCUT2D eigenvalue weighted by molar-refractivity contribution is 0.870. The van der Waals surface area contributed by atoms with Crippen molar-refractivity contribution in [2.24, 2.45) is 0 Å². The first kappa shape index (κ1) is 11.2. The van der Waals surface area contributed by atoms with Gasteiger partial charge in [0.25, 0.3) is 0 Å². The van der Waals surface area contributed by atoms with Crippen LogP contribution in [0.4, 0.5) is 5.69 Å². The molecule has 0 spiro atoms. The molecule has 0 atom stereocenters. The summed E-state index contributed by atoms with van der Waals surface area (Å²) in [5.41, 5.74) is 9.36. The molecule has 3 N–H and O–H groups in total. The van der Waals surface area contributed by atoms with Gasteiger partial charge in [-0.1, -0.05) is 17.8 Å². The summed E-state index contributed by atoms with van der Waals surface area (Å²) in [5, 5.41) is 4.15. The van der Waals surface area contributed by atoms with E-state index in [1.807, 2.05) is 18.2 Å². The van der Waals surface area contributed by atoms with E-state index in [0.29, 0.717) is 0 Å². The third kappa shape index (κ3) is 1.84. The van der Waals surface area contributed by atoms with Gasteiger partial charge in [-0.2, -0.15) is 0 Å². The van der Waals surface area contributed by atoms with Crippen molar-refractivity contribution in [2.45, 2.75) is 19.8 Å². The van der Waals surface area contributed by atoms with Crippen LogP contribution >= 0.6 is 11.5 Å². The average molecular weight is 259 g/mol. The van der Waals surface area contributed by atoms with Crippen molar-refractivity contribution in [2.75, 3.05) is 5.73 Å². The van der Waals surface area contributed by atoms with E-state index in [9.17, 15) is 0 Å². The molecule has 0 amide bonds. The standard InChI is InChI=1S/C12H13N5S/c1-2-3-9-11(18-17-16-9)12-14-8-5-4-7(13)6-10(8)15-12/h4-6H,2-3,13H2,1H3,(H,14,15). The van der Waals surface area contributed by atoms with Gasteiger partial charge in [-0.05, 0) is 36.2 Å². The predicted octanol–water partition coefficient (Wildman–Crippen LogP) is 2.62. The van der Waals surface area contributed by atoms with E-state index in [1.165, 1.54) is 11.5 Å². The van der Waals surface area contributed by atoms with Gasteiger partial charge in [-0.15, -0.1) is 5.10 Å². The first-order valence-corrected chi connectivity index (χ1v) is 6.62. The summed E-state index contributed by atoms with van der Waals surface area (Å²) < 4.78 is 4.01. The molecule has 0 bridgehead atoms. The third-order valence-corrected chi connectivity index (χ3v) is 3.54. The molecular weight excluding hydrogens is 246 g/mol. The van der Waals surface area contributed by atoms with Crippen LogP contribution in [0.15, 0.2) is 18.2 Å². The van der Waals surface area contributed by atoms with Gasteiger partial charge in [0, 0.05) is 5.69 Å². The highest BCUT2D eigenvalue weighted by Crippen LogP contribution is 2.27. The number of imidazole rings is 1. The number of aryl methyl sites for hydroxylation is 1. The number of hydrogen-bond acceptors (Lipinski definition) is 5. The van der Waals surface area contributed by atoms with E-state index < -0.39 is 0 Å². The maximum absolute atomic E-state index is 5.76. The monoisotopic (exact) mass is 259 g/mol. The fourth-order valence-corrected chi connectivity index (χ4v) is 2.58. The summed E-state index contributed by atoms with van der Waals surface area (Å²) in [7, 11) is 0. The normalized spacial score (nSPS) is 11.2. The van der Waals surface area contributed by atoms with Crippen LogP contribution in [0.2, 0.25) is 0 Å². The molecule has 0 aliphatic heterocycles. The minimum absolute atomic E-state index is 0.730. The highest BCUT2D eigenvalue weighted by Gasteiger charge is 2.13. The van der Waals surface area contributed by atoms with Gasteiger partial charge >= 0.3 is 0 Å². The molecule has 0 saturated heterocycles. The molecule has 0 radical (unpaired) electrons. The second kappa shape index (κ2) is 4.38. The zero-order chi connectivity index (χ0) is 12.5. The quantitative estimate of drug-likeness (QED) is 0.708. The summed E-state index contributed by atoms with van der Waals surface area (Å²) in [6.07, 6.45) is 1.97. The third-order valence-electron chi connectivity index (χ3n) is 2.76. The SMILES string of the molecule is CCCc1nnsc1-c1nc2ccc(N)cc2[nH]1. The predicted molar refractivity (Wildman–Crippen MR) is 73.4 cm³/mol. The Morgan fingerprint density at radius 3 is 3.11 bits per heavy atom. The molecule has 0 saturated carbocycles. The zero-order valence-corrected chi connectivity index (χ0v) is 10.8. The van der Waals surface area contributed by atoms with Crippen molar-refractivity contribution in [3.8, 4) is 10.7 Å². The van der Waals surface area contributed by atoms with Gasteiger partial charge < -0.3 is 10.7 Å². The maximum atomic E-state index is 5.76. The van der Waals surface area contributed by atoms with Crippen molar-refractivity contribution >= 4 is 28.3 Å². The fraction of sp³-hybridized carbons (Fsp3) is 0.250. The molecule has 6 heteroatoms. The van der Waals surface area contributed by atoms with E-state index >= 15 is 0 Å². The van der Waals surface area contributed by atoms with Gasteiger partial charge in [0.05, 0.1) is 16.7 Å². The maximum Gasteiger partial charge on any atom is 0.152 e. The van der Waals surface area contributed by atoms with Crippen molar-refractivity contribution in [3.63, 3.8) is 0 Å². The number of anilines is 1.